The highest BCUT2D eigenvalue weighted by Crippen LogP contribution is 2.23. The molecule has 1 amide bonds. The number of aromatic nitrogens is 1. The summed E-state index contributed by atoms with van der Waals surface area (Å²) in [5.41, 5.74) is 8.12. The highest BCUT2D eigenvalue weighted by Gasteiger charge is 2.26. The molecule has 0 unspecified atom stereocenters. The first-order chi connectivity index (χ1) is 10.1. The predicted molar refractivity (Wildman–Crippen MR) is 85.3 cm³/mol. The molecular weight excluding hydrogens is 264 g/mol. The van der Waals surface area contributed by atoms with Crippen LogP contribution in [0.2, 0.25) is 0 Å². The third kappa shape index (κ3) is 2.61. The number of nitrogens with one attached hydrogen (secondary N) is 1. The summed E-state index contributed by atoms with van der Waals surface area (Å²) in [5.74, 6) is 0.0839. The first kappa shape index (κ1) is 13.9. The summed E-state index contributed by atoms with van der Waals surface area (Å²) in [5, 5.41) is 0.939. The molecule has 1 aromatic heterocycles. The van der Waals surface area contributed by atoms with Crippen molar-refractivity contribution >= 4 is 22.5 Å². The van der Waals surface area contributed by atoms with Gasteiger partial charge < -0.3 is 20.5 Å². The molecule has 1 aromatic carbocycles. The Bertz CT molecular complexity index is 655. The third-order valence-corrected chi connectivity index (χ3v) is 4.49. The summed E-state index contributed by atoms with van der Waals surface area (Å²) < 4.78 is 0. The molecule has 0 spiro atoms. The maximum absolute atomic E-state index is 12.7. The van der Waals surface area contributed by atoms with E-state index >= 15 is 0 Å². The fourth-order valence-corrected chi connectivity index (χ4v) is 3.06. The number of likely N-dealkylation sites (tertiary alicyclic amines) is 1. The maximum Gasteiger partial charge on any atom is 0.256 e. The number of benzene rings is 1. The second kappa shape index (κ2) is 5.41. The molecule has 0 saturated carbocycles. The number of nitrogens with zero attached hydrogens (tertiary/aromatic N) is 2. The molecule has 0 atom stereocenters. The van der Waals surface area contributed by atoms with Gasteiger partial charge in [-0.15, -0.1) is 0 Å². The largest absolute Gasteiger partial charge is 0.399 e. The van der Waals surface area contributed by atoms with Crippen LogP contribution in [0.1, 0.15) is 23.2 Å². The van der Waals surface area contributed by atoms with Crippen LogP contribution in [0.3, 0.4) is 0 Å². The van der Waals surface area contributed by atoms with Crippen LogP contribution >= 0.6 is 0 Å². The Balaban J connectivity index is 1.83. The van der Waals surface area contributed by atoms with Crippen molar-refractivity contribution in [2.24, 2.45) is 0 Å². The van der Waals surface area contributed by atoms with Gasteiger partial charge in [0.2, 0.25) is 0 Å². The quantitative estimate of drug-likeness (QED) is 0.829. The Kier molecular flexibility index (Phi) is 3.59. The summed E-state index contributed by atoms with van der Waals surface area (Å²) in [6.07, 6.45) is 3.86. The van der Waals surface area contributed by atoms with E-state index in [9.17, 15) is 4.79 Å². The van der Waals surface area contributed by atoms with Crippen LogP contribution in [0, 0.1) is 0 Å². The Hall–Kier alpha value is -2.01. The second-order valence-electron chi connectivity index (χ2n) is 5.96. The average molecular weight is 286 g/mol. The Morgan fingerprint density at radius 2 is 2.10 bits per heavy atom. The zero-order valence-corrected chi connectivity index (χ0v) is 12.6. The number of carbonyl (C=O) groups is 1. The lowest BCUT2D eigenvalue weighted by molar-refractivity contribution is 0.0661. The van der Waals surface area contributed by atoms with E-state index in [1.165, 1.54) is 0 Å². The van der Waals surface area contributed by atoms with Gasteiger partial charge in [0.15, 0.2) is 0 Å². The van der Waals surface area contributed by atoms with E-state index in [0.29, 0.717) is 11.7 Å². The number of fused-ring (bicyclic) bond motifs is 1. The molecule has 5 heteroatoms. The maximum atomic E-state index is 12.7. The zero-order valence-electron chi connectivity index (χ0n) is 12.6. The van der Waals surface area contributed by atoms with Crippen molar-refractivity contribution in [3.63, 3.8) is 0 Å². The first-order valence-corrected chi connectivity index (χ1v) is 7.38. The van der Waals surface area contributed by atoms with Gasteiger partial charge >= 0.3 is 0 Å². The molecule has 3 N–H and O–H groups in total. The molecule has 112 valence electrons. The Morgan fingerprint density at radius 1 is 1.38 bits per heavy atom. The molecule has 1 aliphatic heterocycles. The summed E-state index contributed by atoms with van der Waals surface area (Å²) in [4.78, 5) is 20.1. The molecule has 2 aromatic rings. The molecule has 2 heterocycles. The average Bonchev–Trinajstić information content (AvgIpc) is 2.89. The number of H-pyrrole nitrogens is 1. The molecule has 21 heavy (non-hydrogen) atoms. The number of nitrogens with two attached hydrogens (primary N) is 1. The lowest BCUT2D eigenvalue weighted by Crippen LogP contribution is -2.44. The standard InChI is InChI=1S/C16H22N4O/c1-19-7-5-12(6-8-19)20(2)16(21)14-10-18-15-9-11(17)3-4-13(14)15/h3-4,9-10,12,18H,5-8,17H2,1-2H3. The smallest absolute Gasteiger partial charge is 0.256 e. The first-order valence-electron chi connectivity index (χ1n) is 7.38. The number of hydrogen-bond donors (Lipinski definition) is 2. The zero-order chi connectivity index (χ0) is 15.0. The monoisotopic (exact) mass is 286 g/mol. The van der Waals surface area contributed by atoms with E-state index in [0.717, 1.165) is 42.4 Å². The summed E-state index contributed by atoms with van der Waals surface area (Å²) in [7, 11) is 4.04. The van der Waals surface area contributed by atoms with Gasteiger partial charge in [-0.3, -0.25) is 4.79 Å². The molecule has 1 saturated heterocycles. The number of aromatic amines is 1. The van der Waals surface area contributed by atoms with Gasteiger partial charge in [0.25, 0.3) is 5.91 Å². The molecular formula is C16H22N4O. The predicted octanol–water partition coefficient (Wildman–Crippen LogP) is 1.92. The number of amides is 1. The van der Waals surface area contributed by atoms with Crippen LogP contribution in [0.25, 0.3) is 10.9 Å². The van der Waals surface area contributed by atoms with Gasteiger partial charge in [0, 0.05) is 35.9 Å². The van der Waals surface area contributed by atoms with Crippen molar-refractivity contribution in [3.8, 4) is 0 Å². The van der Waals surface area contributed by atoms with Crippen molar-refractivity contribution < 1.29 is 4.79 Å². The fourth-order valence-electron chi connectivity index (χ4n) is 3.06. The van der Waals surface area contributed by atoms with Gasteiger partial charge in [-0.25, -0.2) is 0 Å². The topological polar surface area (TPSA) is 65.4 Å². The minimum atomic E-state index is 0.0839. The summed E-state index contributed by atoms with van der Waals surface area (Å²) in [6, 6.07) is 5.94. The third-order valence-electron chi connectivity index (χ3n) is 4.49. The van der Waals surface area contributed by atoms with Crippen molar-refractivity contribution in [1.82, 2.24) is 14.8 Å². The van der Waals surface area contributed by atoms with Gasteiger partial charge in [-0.05, 0) is 51.2 Å². The molecule has 1 aliphatic rings. The number of anilines is 1. The van der Waals surface area contributed by atoms with Crippen molar-refractivity contribution in [2.75, 3.05) is 32.9 Å². The molecule has 0 bridgehead atoms. The SMILES string of the molecule is CN1CCC(N(C)C(=O)c2c[nH]c3cc(N)ccc23)CC1. The van der Waals surface area contributed by atoms with Crippen LogP contribution in [-0.2, 0) is 0 Å². The van der Waals surface area contributed by atoms with E-state index in [1.807, 2.05) is 30.1 Å². The molecule has 0 radical (unpaired) electrons. The normalized spacial score (nSPS) is 17.2. The summed E-state index contributed by atoms with van der Waals surface area (Å²) in [6.45, 7) is 2.10. The van der Waals surface area contributed by atoms with Crippen molar-refractivity contribution in [2.45, 2.75) is 18.9 Å². The number of carbonyl (C=O) groups excluding carboxylic acids is 1. The van der Waals surface area contributed by atoms with E-state index < -0.39 is 0 Å². The van der Waals surface area contributed by atoms with Crippen LogP contribution < -0.4 is 5.73 Å². The number of nitrogen functional groups attached to an aromatic ring is 1. The van der Waals surface area contributed by atoms with Crippen LogP contribution in [0.15, 0.2) is 24.4 Å². The van der Waals surface area contributed by atoms with Crippen LogP contribution in [-0.4, -0.2) is 53.9 Å². The molecule has 1 fully saturated rings. The lowest BCUT2D eigenvalue weighted by atomic mass is 10.0. The fraction of sp³-hybridized carbons (Fsp3) is 0.438. The van der Waals surface area contributed by atoms with Crippen molar-refractivity contribution in [1.29, 1.82) is 0 Å². The lowest BCUT2D eigenvalue weighted by Gasteiger charge is -2.35. The highest BCUT2D eigenvalue weighted by atomic mass is 16.2. The minimum Gasteiger partial charge on any atom is -0.399 e. The van der Waals surface area contributed by atoms with Gasteiger partial charge in [-0.1, -0.05) is 0 Å². The van der Waals surface area contributed by atoms with Gasteiger partial charge in [0.05, 0.1) is 5.56 Å². The number of hydrogen-bond acceptors (Lipinski definition) is 3. The molecule has 0 aliphatic carbocycles. The van der Waals surface area contributed by atoms with Crippen molar-refractivity contribution in [3.05, 3.63) is 30.0 Å². The Morgan fingerprint density at radius 3 is 2.81 bits per heavy atom. The number of rotatable bonds is 2. The van der Waals surface area contributed by atoms with Gasteiger partial charge in [0.1, 0.15) is 0 Å². The van der Waals surface area contributed by atoms with E-state index in [-0.39, 0.29) is 5.91 Å². The van der Waals surface area contributed by atoms with Crippen LogP contribution in [0.4, 0.5) is 5.69 Å². The highest BCUT2D eigenvalue weighted by molar-refractivity contribution is 6.07. The van der Waals surface area contributed by atoms with E-state index in [2.05, 4.69) is 16.9 Å². The van der Waals surface area contributed by atoms with Crippen LogP contribution in [0.5, 0.6) is 0 Å². The Labute approximate surface area is 124 Å². The van der Waals surface area contributed by atoms with E-state index in [4.69, 9.17) is 5.73 Å². The molecule has 5 nitrogen and oxygen atoms in total. The number of piperidine rings is 1. The second-order valence-corrected chi connectivity index (χ2v) is 5.96. The van der Waals surface area contributed by atoms with Gasteiger partial charge in [-0.2, -0.15) is 0 Å². The minimum absolute atomic E-state index is 0.0839. The summed E-state index contributed by atoms with van der Waals surface area (Å²) >= 11 is 0. The molecule has 3 rings (SSSR count). The van der Waals surface area contributed by atoms with E-state index in [1.54, 1.807) is 6.20 Å².